The van der Waals surface area contributed by atoms with E-state index in [2.05, 4.69) is 4.98 Å². The Morgan fingerprint density at radius 3 is 2.75 bits per heavy atom. The van der Waals surface area contributed by atoms with Gasteiger partial charge in [-0.3, -0.25) is 0 Å². The molecule has 0 aliphatic heterocycles. The van der Waals surface area contributed by atoms with Crippen LogP contribution in [0.3, 0.4) is 0 Å². The highest BCUT2D eigenvalue weighted by molar-refractivity contribution is 8.00. The second-order valence-electron chi connectivity index (χ2n) is 3.33. The lowest BCUT2D eigenvalue weighted by Gasteiger charge is -2.03. The van der Waals surface area contributed by atoms with Crippen LogP contribution in [0.15, 0.2) is 11.4 Å². The molecule has 16 heavy (non-hydrogen) atoms. The van der Waals surface area contributed by atoms with Crippen LogP contribution < -0.4 is 0 Å². The zero-order valence-electron chi connectivity index (χ0n) is 9.38. The highest BCUT2D eigenvalue weighted by Gasteiger charge is 2.10. The van der Waals surface area contributed by atoms with Crippen LogP contribution in [0.4, 0.5) is 0 Å². The van der Waals surface area contributed by atoms with Gasteiger partial charge in [-0.1, -0.05) is 18.7 Å². The summed E-state index contributed by atoms with van der Waals surface area (Å²) in [7, 11) is -1.11. The van der Waals surface area contributed by atoms with E-state index in [9.17, 15) is 8.42 Å². The van der Waals surface area contributed by atoms with Crippen molar-refractivity contribution in [3.05, 3.63) is 11.9 Å². The minimum absolute atomic E-state index is 0.0582. The Labute approximate surface area is 99.8 Å². The number of nitrogens with zero attached hydrogens (tertiary/aromatic N) is 2. The standard InChI is InChI=1S/C9H16N2O3S2/c1-3-16(13,14)5-4-15-9-10-6-8(7-12)11(9)2/h6,12H,3-5,7H2,1-2H3. The molecule has 0 aromatic carbocycles. The van der Waals surface area contributed by atoms with Crippen molar-refractivity contribution < 1.29 is 13.5 Å². The van der Waals surface area contributed by atoms with Crippen molar-refractivity contribution in [3.63, 3.8) is 0 Å². The molecule has 0 radical (unpaired) electrons. The fraction of sp³-hybridized carbons (Fsp3) is 0.667. The van der Waals surface area contributed by atoms with Crippen molar-refractivity contribution in [2.45, 2.75) is 18.7 Å². The number of sulfone groups is 1. The second-order valence-corrected chi connectivity index (χ2v) is 6.87. The summed E-state index contributed by atoms with van der Waals surface area (Å²) in [6.45, 7) is 1.59. The molecule has 0 aliphatic carbocycles. The topological polar surface area (TPSA) is 72.2 Å². The third-order valence-electron chi connectivity index (χ3n) is 2.27. The van der Waals surface area contributed by atoms with E-state index < -0.39 is 9.84 Å². The number of hydrogen-bond acceptors (Lipinski definition) is 5. The maximum atomic E-state index is 11.3. The first-order chi connectivity index (χ1) is 7.50. The summed E-state index contributed by atoms with van der Waals surface area (Å²) < 4.78 is 24.3. The molecule has 1 heterocycles. The van der Waals surface area contributed by atoms with Crippen molar-refractivity contribution in [2.75, 3.05) is 17.3 Å². The van der Waals surface area contributed by atoms with Gasteiger partial charge >= 0.3 is 0 Å². The zero-order chi connectivity index (χ0) is 12.2. The van der Waals surface area contributed by atoms with E-state index in [0.717, 1.165) is 10.9 Å². The lowest BCUT2D eigenvalue weighted by atomic mass is 10.5. The number of aliphatic hydroxyl groups excluding tert-OH is 1. The molecule has 0 spiro atoms. The molecule has 5 nitrogen and oxygen atoms in total. The Morgan fingerprint density at radius 2 is 2.25 bits per heavy atom. The van der Waals surface area contributed by atoms with Gasteiger partial charge < -0.3 is 9.67 Å². The van der Waals surface area contributed by atoms with Gasteiger partial charge in [-0.2, -0.15) is 0 Å². The van der Waals surface area contributed by atoms with Crippen LogP contribution in [-0.4, -0.2) is 40.3 Å². The number of thioether (sulfide) groups is 1. The smallest absolute Gasteiger partial charge is 0.167 e. The molecule has 0 saturated carbocycles. The summed E-state index contributed by atoms with van der Waals surface area (Å²) in [5, 5.41) is 9.69. The van der Waals surface area contributed by atoms with Crippen LogP contribution in [0.1, 0.15) is 12.6 Å². The summed E-state index contributed by atoms with van der Waals surface area (Å²) in [5.41, 5.74) is 0.723. The molecular formula is C9H16N2O3S2. The third kappa shape index (κ3) is 3.50. The van der Waals surface area contributed by atoms with Gasteiger partial charge in [-0.05, 0) is 0 Å². The number of imidazole rings is 1. The molecule has 0 aliphatic rings. The molecule has 0 bridgehead atoms. The van der Waals surface area contributed by atoms with E-state index in [0.29, 0.717) is 5.75 Å². The molecule has 0 unspecified atom stereocenters. The highest BCUT2D eigenvalue weighted by atomic mass is 32.2. The molecule has 0 fully saturated rings. The molecular weight excluding hydrogens is 248 g/mol. The van der Waals surface area contributed by atoms with Crippen LogP contribution in [0.2, 0.25) is 0 Å². The van der Waals surface area contributed by atoms with E-state index in [1.165, 1.54) is 11.8 Å². The number of hydrogen-bond donors (Lipinski definition) is 1. The largest absolute Gasteiger partial charge is 0.390 e. The number of rotatable bonds is 6. The van der Waals surface area contributed by atoms with E-state index in [-0.39, 0.29) is 18.1 Å². The minimum atomic E-state index is -2.91. The average Bonchev–Trinajstić information content (AvgIpc) is 2.60. The summed E-state index contributed by atoms with van der Waals surface area (Å²) in [6.07, 6.45) is 1.59. The number of aliphatic hydroxyl groups is 1. The zero-order valence-corrected chi connectivity index (χ0v) is 11.0. The Bertz CT molecular complexity index is 440. The maximum absolute atomic E-state index is 11.3. The van der Waals surface area contributed by atoms with Crippen LogP contribution in [0.5, 0.6) is 0 Å². The lowest BCUT2D eigenvalue weighted by Crippen LogP contribution is -2.10. The first kappa shape index (κ1) is 13.5. The van der Waals surface area contributed by atoms with E-state index in [1.807, 2.05) is 0 Å². The first-order valence-corrected chi connectivity index (χ1v) is 7.75. The summed E-state index contributed by atoms with van der Waals surface area (Å²) in [5.74, 6) is 0.831. The van der Waals surface area contributed by atoms with Crippen LogP contribution in [-0.2, 0) is 23.5 Å². The first-order valence-electron chi connectivity index (χ1n) is 4.95. The molecule has 0 atom stereocenters. The van der Waals surface area contributed by atoms with Gasteiger partial charge in [-0.15, -0.1) is 0 Å². The normalized spacial score (nSPS) is 11.9. The Hall–Kier alpha value is -0.530. The average molecular weight is 264 g/mol. The Morgan fingerprint density at radius 1 is 1.56 bits per heavy atom. The van der Waals surface area contributed by atoms with Gasteiger partial charge in [-0.25, -0.2) is 13.4 Å². The quantitative estimate of drug-likeness (QED) is 0.755. The SMILES string of the molecule is CCS(=O)(=O)CCSc1ncc(CO)n1C. The monoisotopic (exact) mass is 264 g/mol. The Balaban J connectivity index is 2.53. The predicted molar refractivity (Wildman–Crippen MR) is 64.2 cm³/mol. The minimum Gasteiger partial charge on any atom is -0.390 e. The van der Waals surface area contributed by atoms with E-state index in [4.69, 9.17) is 5.11 Å². The summed E-state index contributed by atoms with van der Waals surface area (Å²) in [6, 6.07) is 0. The molecule has 1 rings (SSSR count). The van der Waals surface area contributed by atoms with Crippen molar-refractivity contribution >= 4 is 21.6 Å². The van der Waals surface area contributed by atoms with Gasteiger partial charge in [0.1, 0.15) is 0 Å². The van der Waals surface area contributed by atoms with Gasteiger partial charge in [0.15, 0.2) is 15.0 Å². The van der Waals surface area contributed by atoms with Crippen molar-refractivity contribution in [3.8, 4) is 0 Å². The van der Waals surface area contributed by atoms with Crippen molar-refractivity contribution in [1.82, 2.24) is 9.55 Å². The Kier molecular flexibility index (Phi) is 4.82. The van der Waals surface area contributed by atoms with Gasteiger partial charge in [0, 0.05) is 18.6 Å². The van der Waals surface area contributed by atoms with Gasteiger partial charge in [0.05, 0.1) is 24.3 Å². The fourth-order valence-corrected chi connectivity index (χ4v) is 3.37. The van der Waals surface area contributed by atoms with Gasteiger partial charge in [0.2, 0.25) is 0 Å². The maximum Gasteiger partial charge on any atom is 0.167 e. The summed E-state index contributed by atoms with van der Waals surface area (Å²) in [4.78, 5) is 4.10. The van der Waals surface area contributed by atoms with E-state index in [1.54, 1.807) is 24.7 Å². The van der Waals surface area contributed by atoms with Crippen LogP contribution in [0, 0.1) is 0 Å². The molecule has 1 N–H and O–H groups in total. The van der Waals surface area contributed by atoms with Crippen LogP contribution in [0.25, 0.3) is 0 Å². The summed E-state index contributed by atoms with van der Waals surface area (Å²) >= 11 is 1.39. The van der Waals surface area contributed by atoms with Crippen molar-refractivity contribution in [2.24, 2.45) is 7.05 Å². The molecule has 0 amide bonds. The lowest BCUT2D eigenvalue weighted by molar-refractivity contribution is 0.271. The molecule has 92 valence electrons. The van der Waals surface area contributed by atoms with Crippen molar-refractivity contribution in [1.29, 1.82) is 0 Å². The highest BCUT2D eigenvalue weighted by Crippen LogP contribution is 2.17. The van der Waals surface area contributed by atoms with E-state index >= 15 is 0 Å². The number of aromatic nitrogens is 2. The van der Waals surface area contributed by atoms with Crippen LogP contribution >= 0.6 is 11.8 Å². The molecule has 0 saturated heterocycles. The fourth-order valence-electron chi connectivity index (χ4n) is 1.11. The molecule has 7 heteroatoms. The second kappa shape index (κ2) is 5.70. The predicted octanol–water partition coefficient (Wildman–Crippen LogP) is 0.439. The molecule has 1 aromatic heterocycles. The third-order valence-corrected chi connectivity index (χ3v) is 5.28. The van der Waals surface area contributed by atoms with Gasteiger partial charge in [0.25, 0.3) is 0 Å². The molecule has 1 aromatic rings.